The number of carbonyl (C=O) groups excluding carboxylic acids is 2. The number of nitrogens with zero attached hydrogens (tertiary/aromatic N) is 1. The van der Waals surface area contributed by atoms with Crippen LogP contribution < -0.4 is 20.1 Å². The number of fused-ring (bicyclic) bond motifs is 1. The van der Waals surface area contributed by atoms with Crippen LogP contribution in [0.1, 0.15) is 26.2 Å². The molecule has 0 aliphatic carbocycles. The molecule has 1 aromatic heterocycles. The molecule has 1 saturated heterocycles. The Morgan fingerprint density at radius 2 is 1.94 bits per heavy atom. The van der Waals surface area contributed by atoms with Gasteiger partial charge in [-0.25, -0.2) is 9.78 Å². The molecule has 2 aromatic carbocycles. The first-order valence-corrected chi connectivity index (χ1v) is 11.8. The summed E-state index contributed by atoms with van der Waals surface area (Å²) in [5, 5.41) is 6.90. The first kappa shape index (κ1) is 24.5. The van der Waals surface area contributed by atoms with Crippen LogP contribution in [0.15, 0.2) is 54.6 Å². The number of ether oxygens (including phenoxy) is 3. The van der Waals surface area contributed by atoms with E-state index >= 15 is 0 Å². The van der Waals surface area contributed by atoms with Crippen molar-refractivity contribution >= 4 is 22.8 Å². The topological polar surface area (TPSA) is 98.8 Å². The number of nitrogens with one attached hydrogen (secondary N) is 2. The Kier molecular flexibility index (Phi) is 7.82. The van der Waals surface area contributed by atoms with Crippen molar-refractivity contribution < 1.29 is 23.8 Å². The average Bonchev–Trinajstić information content (AvgIpc) is 3.36. The molecule has 2 N–H and O–H groups in total. The van der Waals surface area contributed by atoms with Gasteiger partial charge in [-0.05, 0) is 18.6 Å². The highest BCUT2D eigenvalue weighted by molar-refractivity contribution is 5.89. The van der Waals surface area contributed by atoms with Crippen LogP contribution in [0.5, 0.6) is 11.5 Å². The van der Waals surface area contributed by atoms with Gasteiger partial charge in [-0.2, -0.15) is 0 Å². The van der Waals surface area contributed by atoms with Crippen LogP contribution in [-0.2, 0) is 14.3 Å². The van der Waals surface area contributed by atoms with Gasteiger partial charge in [0.05, 0.1) is 31.5 Å². The molecule has 8 heteroatoms. The quantitative estimate of drug-likeness (QED) is 0.455. The van der Waals surface area contributed by atoms with E-state index in [1.807, 2.05) is 61.5 Å². The van der Waals surface area contributed by atoms with Crippen LogP contribution in [0.4, 0.5) is 0 Å². The van der Waals surface area contributed by atoms with Crippen LogP contribution in [0, 0.1) is 0 Å². The Hall–Kier alpha value is -3.65. The molecule has 0 saturated carbocycles. The minimum Gasteiger partial charge on any atom is -0.497 e. The third kappa shape index (κ3) is 5.71. The van der Waals surface area contributed by atoms with E-state index in [9.17, 15) is 9.59 Å². The number of pyridine rings is 1. The summed E-state index contributed by atoms with van der Waals surface area (Å²) in [6.45, 7) is 2.47. The third-order valence-corrected chi connectivity index (χ3v) is 6.13. The van der Waals surface area contributed by atoms with Gasteiger partial charge in [0.15, 0.2) is 0 Å². The Labute approximate surface area is 205 Å². The van der Waals surface area contributed by atoms with Crippen LogP contribution in [0.2, 0.25) is 0 Å². The van der Waals surface area contributed by atoms with E-state index in [1.165, 1.54) is 7.11 Å². The third-order valence-electron chi connectivity index (χ3n) is 6.13. The van der Waals surface area contributed by atoms with Crippen molar-refractivity contribution in [2.45, 2.75) is 44.4 Å². The zero-order valence-corrected chi connectivity index (χ0v) is 20.2. The lowest BCUT2D eigenvalue weighted by Gasteiger charge is -2.19. The summed E-state index contributed by atoms with van der Waals surface area (Å²) in [7, 11) is 2.95. The Balaban J connectivity index is 1.53. The van der Waals surface area contributed by atoms with Gasteiger partial charge in [-0.1, -0.05) is 43.7 Å². The summed E-state index contributed by atoms with van der Waals surface area (Å²) in [4.78, 5) is 29.6. The van der Waals surface area contributed by atoms with E-state index in [0.717, 1.165) is 28.6 Å². The Morgan fingerprint density at radius 3 is 2.66 bits per heavy atom. The molecule has 184 valence electrons. The second-order valence-electron chi connectivity index (χ2n) is 8.56. The van der Waals surface area contributed by atoms with E-state index in [4.69, 9.17) is 19.2 Å². The van der Waals surface area contributed by atoms with Gasteiger partial charge in [0, 0.05) is 36.0 Å². The predicted molar refractivity (Wildman–Crippen MR) is 133 cm³/mol. The standard InChI is InChI=1S/C27H31N3O5/c1-4-8-21(27(32)34-3)30-26(31)24-14-19(16-28-24)35-25-15-22(17-9-6-5-7-10-17)29-23-13-18(33-2)11-12-20(23)25/h5-7,9-13,15,19,21,24,28H,4,8,14,16H2,1-3H3,(H,30,31)/t19-,21+,24+/m1/s1. The van der Waals surface area contributed by atoms with Gasteiger partial charge in [-0.15, -0.1) is 0 Å². The summed E-state index contributed by atoms with van der Waals surface area (Å²) in [5.74, 6) is 0.753. The van der Waals surface area contributed by atoms with Crippen molar-refractivity contribution in [2.75, 3.05) is 20.8 Å². The minimum absolute atomic E-state index is 0.218. The monoisotopic (exact) mass is 477 g/mol. The fourth-order valence-electron chi connectivity index (χ4n) is 4.28. The van der Waals surface area contributed by atoms with E-state index in [-0.39, 0.29) is 12.0 Å². The number of hydrogen-bond acceptors (Lipinski definition) is 7. The molecule has 0 radical (unpaired) electrons. The van der Waals surface area contributed by atoms with Crippen LogP contribution >= 0.6 is 0 Å². The number of hydrogen-bond donors (Lipinski definition) is 2. The number of methoxy groups -OCH3 is 2. The molecule has 0 bridgehead atoms. The van der Waals surface area contributed by atoms with E-state index in [1.54, 1.807) is 7.11 Å². The fourth-order valence-corrected chi connectivity index (χ4v) is 4.28. The van der Waals surface area contributed by atoms with Gasteiger partial charge in [0.1, 0.15) is 23.6 Å². The Bertz CT molecular complexity index is 1180. The lowest BCUT2D eigenvalue weighted by atomic mass is 10.1. The number of benzene rings is 2. The van der Waals surface area contributed by atoms with E-state index in [0.29, 0.717) is 30.9 Å². The SMILES string of the molecule is CCC[C@H](NC(=O)[C@@H]1C[C@@H](Oc2cc(-c3ccccc3)nc3cc(OC)ccc23)CN1)C(=O)OC. The normalized spacial score (nSPS) is 18.1. The summed E-state index contributed by atoms with van der Waals surface area (Å²) in [5.41, 5.74) is 2.54. The molecule has 0 unspecified atom stereocenters. The molecular formula is C27H31N3O5. The average molecular weight is 478 g/mol. The highest BCUT2D eigenvalue weighted by Crippen LogP contribution is 2.33. The molecule has 35 heavy (non-hydrogen) atoms. The summed E-state index contributed by atoms with van der Waals surface area (Å²) in [6, 6.07) is 16.4. The second-order valence-corrected chi connectivity index (χ2v) is 8.56. The summed E-state index contributed by atoms with van der Waals surface area (Å²) in [6.07, 6.45) is 1.55. The molecule has 3 aromatic rings. The number of aromatic nitrogens is 1. The van der Waals surface area contributed by atoms with Crippen molar-refractivity contribution in [3.8, 4) is 22.8 Å². The molecule has 0 spiro atoms. The number of rotatable bonds is 9. The molecule has 1 amide bonds. The highest BCUT2D eigenvalue weighted by Gasteiger charge is 2.33. The van der Waals surface area contributed by atoms with Crippen molar-refractivity contribution in [1.29, 1.82) is 0 Å². The second kappa shape index (κ2) is 11.2. The molecule has 3 atom stereocenters. The van der Waals surface area contributed by atoms with E-state index < -0.39 is 18.1 Å². The maximum Gasteiger partial charge on any atom is 0.328 e. The van der Waals surface area contributed by atoms with Gasteiger partial charge < -0.3 is 24.8 Å². The minimum atomic E-state index is -0.646. The van der Waals surface area contributed by atoms with Crippen LogP contribution in [0.25, 0.3) is 22.2 Å². The van der Waals surface area contributed by atoms with Gasteiger partial charge in [0.25, 0.3) is 0 Å². The zero-order valence-electron chi connectivity index (χ0n) is 20.2. The zero-order chi connectivity index (χ0) is 24.8. The molecule has 2 heterocycles. The number of esters is 1. The molecule has 1 aliphatic heterocycles. The molecule has 1 fully saturated rings. The smallest absolute Gasteiger partial charge is 0.328 e. The number of carbonyl (C=O) groups is 2. The van der Waals surface area contributed by atoms with Gasteiger partial charge >= 0.3 is 5.97 Å². The number of amides is 1. The maximum atomic E-state index is 12.8. The van der Waals surface area contributed by atoms with Crippen molar-refractivity contribution in [2.24, 2.45) is 0 Å². The van der Waals surface area contributed by atoms with Crippen LogP contribution in [-0.4, -0.2) is 55.8 Å². The lowest BCUT2D eigenvalue weighted by molar-refractivity contribution is -0.145. The largest absolute Gasteiger partial charge is 0.497 e. The van der Waals surface area contributed by atoms with Gasteiger partial charge in [0.2, 0.25) is 5.91 Å². The van der Waals surface area contributed by atoms with Crippen LogP contribution in [0.3, 0.4) is 0 Å². The van der Waals surface area contributed by atoms with Crippen molar-refractivity contribution in [3.63, 3.8) is 0 Å². The molecule has 8 nitrogen and oxygen atoms in total. The summed E-state index contributed by atoms with van der Waals surface area (Å²) < 4.78 is 16.6. The Morgan fingerprint density at radius 1 is 1.14 bits per heavy atom. The summed E-state index contributed by atoms with van der Waals surface area (Å²) >= 11 is 0. The highest BCUT2D eigenvalue weighted by atomic mass is 16.5. The van der Waals surface area contributed by atoms with Gasteiger partial charge in [-0.3, -0.25) is 4.79 Å². The lowest BCUT2D eigenvalue weighted by Crippen LogP contribution is -2.48. The maximum absolute atomic E-state index is 12.8. The van der Waals surface area contributed by atoms with E-state index in [2.05, 4.69) is 10.6 Å². The molecule has 4 rings (SSSR count). The first-order valence-electron chi connectivity index (χ1n) is 11.8. The molecule has 1 aliphatic rings. The fraction of sp³-hybridized carbons (Fsp3) is 0.370. The predicted octanol–water partition coefficient (Wildman–Crippen LogP) is 3.48. The van der Waals surface area contributed by atoms with Crippen molar-refractivity contribution in [3.05, 3.63) is 54.6 Å². The first-order chi connectivity index (χ1) is 17.0. The van der Waals surface area contributed by atoms with Crippen molar-refractivity contribution in [1.82, 2.24) is 15.6 Å². The molecular weight excluding hydrogens is 446 g/mol.